The van der Waals surface area contributed by atoms with Crippen molar-refractivity contribution in [3.8, 4) is 5.75 Å². The van der Waals surface area contributed by atoms with Crippen LogP contribution in [-0.4, -0.2) is 35.4 Å². The van der Waals surface area contributed by atoms with E-state index >= 15 is 0 Å². The topological polar surface area (TPSA) is 78.4 Å². The molecule has 0 amide bonds. The summed E-state index contributed by atoms with van der Waals surface area (Å²) in [6.07, 6.45) is 2.67. The number of hydrogen-bond acceptors (Lipinski definition) is 6. The average Bonchev–Trinajstić information content (AvgIpc) is 2.52. The lowest BCUT2D eigenvalue weighted by Gasteiger charge is -2.06. The number of esters is 1. The van der Waals surface area contributed by atoms with Gasteiger partial charge in [-0.1, -0.05) is 0 Å². The molecule has 0 bridgehead atoms. The maximum Gasteiger partial charge on any atom is 0.358 e. The first-order chi connectivity index (χ1) is 10.5. The first-order valence-electron chi connectivity index (χ1n) is 6.33. The van der Waals surface area contributed by atoms with Crippen molar-refractivity contribution in [3.05, 3.63) is 53.4 Å². The Labute approximate surface area is 125 Å². The quantitative estimate of drug-likeness (QED) is 0.621. The van der Waals surface area contributed by atoms with Crippen molar-refractivity contribution in [3.63, 3.8) is 0 Å². The number of halogens is 1. The molecule has 0 saturated heterocycles. The van der Waals surface area contributed by atoms with E-state index in [-0.39, 0.29) is 17.0 Å². The lowest BCUT2D eigenvalue weighted by Crippen LogP contribution is -2.15. The largest absolute Gasteiger partial charge is 0.494 e. The second-order valence-electron chi connectivity index (χ2n) is 4.39. The zero-order valence-corrected chi connectivity index (χ0v) is 12.0. The van der Waals surface area contributed by atoms with Crippen molar-refractivity contribution in [2.75, 3.05) is 13.7 Å². The summed E-state index contributed by atoms with van der Waals surface area (Å²) in [5.74, 6) is -1.93. The maximum absolute atomic E-state index is 13.5. The molecule has 0 unspecified atom stereocenters. The highest BCUT2D eigenvalue weighted by Gasteiger charge is 2.14. The van der Waals surface area contributed by atoms with Gasteiger partial charge >= 0.3 is 5.97 Å². The Morgan fingerprint density at radius 1 is 1.23 bits per heavy atom. The van der Waals surface area contributed by atoms with Crippen LogP contribution in [0.2, 0.25) is 0 Å². The van der Waals surface area contributed by atoms with Gasteiger partial charge in [-0.25, -0.2) is 14.2 Å². The summed E-state index contributed by atoms with van der Waals surface area (Å²) in [5.41, 5.74) is 0.738. The second kappa shape index (κ2) is 6.75. The molecule has 7 heteroatoms. The van der Waals surface area contributed by atoms with Crippen molar-refractivity contribution < 1.29 is 23.5 Å². The van der Waals surface area contributed by atoms with Gasteiger partial charge in [0.1, 0.15) is 0 Å². The SMILES string of the molecule is COc1ccc(C(=O)COC(=O)c2cnc(C)cn2)cc1F. The Balaban J connectivity index is 1.99. The smallest absolute Gasteiger partial charge is 0.358 e. The monoisotopic (exact) mass is 304 g/mol. The molecule has 114 valence electrons. The number of hydrogen-bond donors (Lipinski definition) is 0. The molecule has 0 fully saturated rings. The van der Waals surface area contributed by atoms with Crippen molar-refractivity contribution in [1.82, 2.24) is 9.97 Å². The number of ether oxygens (including phenoxy) is 2. The molecule has 0 atom stereocenters. The van der Waals surface area contributed by atoms with E-state index < -0.39 is 24.2 Å². The Morgan fingerprint density at radius 3 is 2.59 bits per heavy atom. The highest BCUT2D eigenvalue weighted by Crippen LogP contribution is 2.18. The van der Waals surface area contributed by atoms with Gasteiger partial charge in [0.2, 0.25) is 0 Å². The normalized spacial score (nSPS) is 10.1. The van der Waals surface area contributed by atoms with E-state index in [1.54, 1.807) is 6.92 Å². The summed E-state index contributed by atoms with van der Waals surface area (Å²) in [6, 6.07) is 3.75. The van der Waals surface area contributed by atoms with E-state index in [9.17, 15) is 14.0 Å². The Kier molecular flexibility index (Phi) is 4.77. The summed E-state index contributed by atoms with van der Waals surface area (Å²) in [5, 5.41) is 0. The van der Waals surface area contributed by atoms with Crippen LogP contribution < -0.4 is 4.74 Å². The number of ketones is 1. The van der Waals surface area contributed by atoms with Crippen LogP contribution in [0.1, 0.15) is 26.5 Å². The zero-order valence-electron chi connectivity index (χ0n) is 12.0. The van der Waals surface area contributed by atoms with E-state index in [0.717, 1.165) is 6.07 Å². The molecule has 1 heterocycles. The molecule has 0 radical (unpaired) electrons. The third kappa shape index (κ3) is 3.63. The Hall–Kier alpha value is -2.83. The van der Waals surface area contributed by atoms with Crippen molar-refractivity contribution in [1.29, 1.82) is 0 Å². The van der Waals surface area contributed by atoms with Crippen LogP contribution in [0.5, 0.6) is 5.75 Å². The minimum Gasteiger partial charge on any atom is -0.494 e. The molecule has 0 aliphatic carbocycles. The first kappa shape index (κ1) is 15.6. The van der Waals surface area contributed by atoms with Crippen LogP contribution in [-0.2, 0) is 4.74 Å². The van der Waals surface area contributed by atoms with E-state index in [1.165, 1.54) is 31.6 Å². The van der Waals surface area contributed by atoms with Gasteiger partial charge in [-0.05, 0) is 25.1 Å². The van der Waals surface area contributed by atoms with Gasteiger partial charge < -0.3 is 9.47 Å². The van der Waals surface area contributed by atoms with Crippen molar-refractivity contribution in [2.45, 2.75) is 6.92 Å². The Bertz CT molecular complexity index is 701. The van der Waals surface area contributed by atoms with Crippen molar-refractivity contribution >= 4 is 11.8 Å². The summed E-state index contributed by atoms with van der Waals surface area (Å²) in [7, 11) is 1.32. The number of rotatable bonds is 5. The standard InChI is InChI=1S/C15H13FN2O4/c1-9-6-18-12(7-17-9)15(20)22-8-13(19)10-3-4-14(21-2)11(16)5-10/h3-7H,8H2,1-2H3. The molecular weight excluding hydrogens is 291 g/mol. The summed E-state index contributed by atoms with van der Waals surface area (Å²) in [4.78, 5) is 31.3. The predicted molar refractivity (Wildman–Crippen MR) is 74.3 cm³/mol. The fourth-order valence-corrected chi connectivity index (χ4v) is 1.63. The number of aromatic nitrogens is 2. The highest BCUT2D eigenvalue weighted by molar-refractivity contribution is 5.99. The van der Waals surface area contributed by atoms with E-state index in [2.05, 4.69) is 9.97 Å². The van der Waals surface area contributed by atoms with Gasteiger partial charge in [0.05, 0.1) is 19.0 Å². The van der Waals surface area contributed by atoms with Crippen LogP contribution in [0.3, 0.4) is 0 Å². The van der Waals surface area contributed by atoms with Crippen LogP contribution in [0.4, 0.5) is 4.39 Å². The molecule has 0 saturated carbocycles. The van der Waals surface area contributed by atoms with Gasteiger partial charge in [0.15, 0.2) is 29.7 Å². The molecule has 2 aromatic rings. The number of methoxy groups -OCH3 is 1. The molecule has 0 aliphatic rings. The molecule has 0 spiro atoms. The number of benzene rings is 1. The molecule has 6 nitrogen and oxygen atoms in total. The third-order valence-corrected chi connectivity index (χ3v) is 2.80. The number of nitrogens with zero attached hydrogens (tertiary/aromatic N) is 2. The molecule has 1 aromatic carbocycles. The maximum atomic E-state index is 13.5. The van der Waals surface area contributed by atoms with Crippen molar-refractivity contribution in [2.24, 2.45) is 0 Å². The minimum atomic E-state index is -0.769. The highest BCUT2D eigenvalue weighted by atomic mass is 19.1. The van der Waals surface area contributed by atoms with E-state index in [1.807, 2.05) is 0 Å². The van der Waals surface area contributed by atoms with Crippen LogP contribution in [0, 0.1) is 12.7 Å². The van der Waals surface area contributed by atoms with Crippen LogP contribution >= 0.6 is 0 Å². The van der Waals surface area contributed by atoms with Gasteiger partial charge in [-0.3, -0.25) is 9.78 Å². The van der Waals surface area contributed by atoms with Gasteiger partial charge in [0, 0.05) is 11.8 Å². The van der Waals surface area contributed by atoms with Crippen LogP contribution in [0.25, 0.3) is 0 Å². The van der Waals surface area contributed by atoms with Gasteiger partial charge in [-0.2, -0.15) is 0 Å². The fourth-order valence-electron chi connectivity index (χ4n) is 1.63. The van der Waals surface area contributed by atoms with Gasteiger partial charge in [-0.15, -0.1) is 0 Å². The number of aryl methyl sites for hydroxylation is 1. The molecular formula is C15H13FN2O4. The Morgan fingerprint density at radius 2 is 2.00 bits per heavy atom. The van der Waals surface area contributed by atoms with E-state index in [0.29, 0.717) is 5.69 Å². The minimum absolute atomic E-state index is 0.000638. The lowest BCUT2D eigenvalue weighted by atomic mass is 10.1. The van der Waals surface area contributed by atoms with Gasteiger partial charge in [0.25, 0.3) is 0 Å². The molecule has 22 heavy (non-hydrogen) atoms. The third-order valence-electron chi connectivity index (χ3n) is 2.80. The summed E-state index contributed by atoms with van der Waals surface area (Å²) in [6.45, 7) is 1.21. The first-order valence-corrected chi connectivity index (χ1v) is 6.33. The fraction of sp³-hybridized carbons (Fsp3) is 0.200. The molecule has 0 N–H and O–H groups in total. The average molecular weight is 304 g/mol. The summed E-state index contributed by atoms with van der Waals surface area (Å²) >= 11 is 0. The second-order valence-corrected chi connectivity index (χ2v) is 4.39. The lowest BCUT2D eigenvalue weighted by molar-refractivity contribution is 0.0468. The molecule has 0 aliphatic heterocycles. The number of carbonyl (C=O) groups is 2. The van der Waals surface area contributed by atoms with Crippen LogP contribution in [0.15, 0.2) is 30.6 Å². The summed E-state index contributed by atoms with van der Waals surface area (Å²) < 4.78 is 23.1. The molecule has 1 aromatic heterocycles. The number of Topliss-reactive ketones (excluding diaryl/α,β-unsaturated/α-hetero) is 1. The molecule has 2 rings (SSSR count). The predicted octanol–water partition coefficient (Wildman–Crippen LogP) is 1.97. The zero-order chi connectivity index (χ0) is 16.1. The van der Waals surface area contributed by atoms with E-state index in [4.69, 9.17) is 9.47 Å². The number of carbonyl (C=O) groups excluding carboxylic acids is 2.